The van der Waals surface area contributed by atoms with Gasteiger partial charge in [0.1, 0.15) is 5.75 Å². The van der Waals surface area contributed by atoms with E-state index in [1.165, 1.54) is 24.9 Å². The maximum Gasteiger partial charge on any atom is 0.254 e. The van der Waals surface area contributed by atoms with E-state index in [2.05, 4.69) is 52.0 Å². The minimum atomic E-state index is 0.0860. The molecular weight excluding hydrogens is 416 g/mol. The number of halogens is 1. The van der Waals surface area contributed by atoms with Crippen LogP contribution in [0.3, 0.4) is 0 Å². The Balaban J connectivity index is 1.52. The van der Waals surface area contributed by atoms with Crippen LogP contribution in [0, 0.1) is 0 Å². The maximum absolute atomic E-state index is 12.9. The van der Waals surface area contributed by atoms with Crippen LogP contribution in [0.4, 0.5) is 5.69 Å². The van der Waals surface area contributed by atoms with E-state index in [0.717, 1.165) is 42.8 Å². The van der Waals surface area contributed by atoms with Gasteiger partial charge in [0.05, 0.1) is 11.1 Å². The number of hydrogen-bond donors (Lipinski definition) is 0. The molecule has 0 unspecified atom stereocenters. The fraction of sp³-hybridized carbons (Fsp3) is 0.435. The van der Waals surface area contributed by atoms with E-state index in [9.17, 15) is 4.79 Å². The van der Waals surface area contributed by atoms with Gasteiger partial charge in [0.2, 0.25) is 0 Å². The number of amides is 1. The second-order valence-corrected chi connectivity index (χ2v) is 8.02. The number of benzene rings is 2. The lowest BCUT2D eigenvalue weighted by Gasteiger charge is -2.36. The first-order chi connectivity index (χ1) is 13.7. The van der Waals surface area contributed by atoms with Crippen molar-refractivity contribution in [3.8, 4) is 5.75 Å². The van der Waals surface area contributed by atoms with E-state index in [4.69, 9.17) is 4.74 Å². The fourth-order valence-electron chi connectivity index (χ4n) is 3.45. The fourth-order valence-corrected chi connectivity index (χ4v) is 3.94. The number of para-hydroxylation sites is 1. The summed E-state index contributed by atoms with van der Waals surface area (Å²) in [5, 5.41) is 0. The van der Waals surface area contributed by atoms with Gasteiger partial charge in [-0.05, 0) is 52.7 Å². The minimum Gasteiger partial charge on any atom is -0.492 e. The third-order valence-corrected chi connectivity index (χ3v) is 5.74. The topological polar surface area (TPSA) is 32.8 Å². The predicted molar refractivity (Wildman–Crippen MR) is 118 cm³/mol. The van der Waals surface area contributed by atoms with Crippen LogP contribution < -0.4 is 9.64 Å². The second kappa shape index (κ2) is 10.5. The summed E-state index contributed by atoms with van der Waals surface area (Å²) in [4.78, 5) is 17.2. The first-order valence-electron chi connectivity index (χ1n) is 10.2. The molecule has 2 aromatic carbocycles. The molecule has 28 heavy (non-hydrogen) atoms. The van der Waals surface area contributed by atoms with Crippen molar-refractivity contribution in [1.29, 1.82) is 0 Å². The Bertz CT molecular complexity index is 758. The van der Waals surface area contributed by atoms with Crippen LogP contribution in [-0.4, -0.2) is 43.6 Å². The van der Waals surface area contributed by atoms with E-state index in [1.807, 2.05) is 29.2 Å². The molecule has 0 bridgehead atoms. The highest BCUT2D eigenvalue weighted by Gasteiger charge is 2.22. The van der Waals surface area contributed by atoms with Gasteiger partial charge in [-0.3, -0.25) is 4.79 Å². The molecular formula is C23H29BrN2O2. The summed E-state index contributed by atoms with van der Waals surface area (Å²) in [5.74, 6) is 0.893. The molecule has 0 aliphatic carbocycles. The molecule has 5 heteroatoms. The molecule has 0 N–H and O–H groups in total. The molecule has 150 valence electrons. The van der Waals surface area contributed by atoms with Gasteiger partial charge >= 0.3 is 0 Å². The quantitative estimate of drug-likeness (QED) is 0.512. The summed E-state index contributed by atoms with van der Waals surface area (Å²) in [6, 6.07) is 16.0. The average Bonchev–Trinajstić information content (AvgIpc) is 2.75. The third kappa shape index (κ3) is 5.51. The van der Waals surface area contributed by atoms with Crippen molar-refractivity contribution in [2.45, 2.75) is 32.6 Å². The Morgan fingerprint density at radius 1 is 1.00 bits per heavy atom. The van der Waals surface area contributed by atoms with Gasteiger partial charge in [-0.2, -0.15) is 0 Å². The number of unbranched alkanes of at least 4 members (excludes halogenated alkanes) is 3. The van der Waals surface area contributed by atoms with Crippen LogP contribution in [0.1, 0.15) is 43.0 Å². The molecule has 1 amide bonds. The van der Waals surface area contributed by atoms with Gasteiger partial charge in [-0.1, -0.05) is 44.4 Å². The molecule has 0 radical (unpaired) electrons. The number of piperazine rings is 1. The van der Waals surface area contributed by atoms with Crippen molar-refractivity contribution in [3.05, 3.63) is 58.6 Å². The summed E-state index contributed by atoms with van der Waals surface area (Å²) in [6.07, 6.45) is 4.72. The Morgan fingerprint density at radius 3 is 2.43 bits per heavy atom. The maximum atomic E-state index is 12.9. The van der Waals surface area contributed by atoms with E-state index < -0.39 is 0 Å². The van der Waals surface area contributed by atoms with E-state index in [1.54, 1.807) is 0 Å². The molecule has 0 aromatic heterocycles. The van der Waals surface area contributed by atoms with Crippen LogP contribution in [0.2, 0.25) is 0 Å². The minimum absolute atomic E-state index is 0.0860. The summed E-state index contributed by atoms with van der Waals surface area (Å²) in [7, 11) is 0. The standard InChI is InChI=1S/C23H29BrN2O2/c1-2-3-4-8-17-28-22-12-11-19(18-21(22)24)23(27)26-15-13-25(14-16-26)20-9-6-5-7-10-20/h5-7,9-12,18H,2-4,8,13-17H2,1H3. The smallest absolute Gasteiger partial charge is 0.254 e. The number of rotatable bonds is 8. The first kappa shape index (κ1) is 20.7. The highest BCUT2D eigenvalue weighted by atomic mass is 79.9. The van der Waals surface area contributed by atoms with E-state index in [0.29, 0.717) is 12.2 Å². The van der Waals surface area contributed by atoms with Gasteiger partial charge in [0, 0.05) is 37.4 Å². The normalized spacial score (nSPS) is 14.2. The largest absolute Gasteiger partial charge is 0.492 e. The third-order valence-electron chi connectivity index (χ3n) is 5.12. The van der Waals surface area contributed by atoms with Crippen LogP contribution in [0.25, 0.3) is 0 Å². The molecule has 1 aliphatic heterocycles. The first-order valence-corrected chi connectivity index (χ1v) is 11.0. The monoisotopic (exact) mass is 444 g/mol. The Kier molecular flexibility index (Phi) is 7.78. The van der Waals surface area contributed by atoms with Gasteiger partial charge in [0.15, 0.2) is 0 Å². The number of ether oxygens (including phenoxy) is 1. The highest BCUT2D eigenvalue weighted by molar-refractivity contribution is 9.10. The Morgan fingerprint density at radius 2 is 1.75 bits per heavy atom. The Labute approximate surface area is 176 Å². The van der Waals surface area contributed by atoms with Gasteiger partial charge in [0.25, 0.3) is 5.91 Å². The molecule has 3 rings (SSSR count). The number of carbonyl (C=O) groups is 1. The summed E-state index contributed by atoms with van der Waals surface area (Å²) in [6.45, 7) is 6.11. The van der Waals surface area contributed by atoms with Crippen molar-refractivity contribution in [2.75, 3.05) is 37.7 Å². The van der Waals surface area contributed by atoms with Crippen molar-refractivity contribution in [2.24, 2.45) is 0 Å². The highest BCUT2D eigenvalue weighted by Crippen LogP contribution is 2.27. The van der Waals surface area contributed by atoms with Gasteiger partial charge < -0.3 is 14.5 Å². The molecule has 0 atom stereocenters. The molecule has 1 aliphatic rings. The van der Waals surface area contributed by atoms with Crippen molar-refractivity contribution >= 4 is 27.5 Å². The molecule has 0 spiro atoms. The average molecular weight is 445 g/mol. The van der Waals surface area contributed by atoms with Crippen molar-refractivity contribution < 1.29 is 9.53 Å². The zero-order valence-corrected chi connectivity index (χ0v) is 18.2. The van der Waals surface area contributed by atoms with Gasteiger partial charge in [-0.25, -0.2) is 0 Å². The molecule has 0 saturated carbocycles. The molecule has 2 aromatic rings. The van der Waals surface area contributed by atoms with E-state index in [-0.39, 0.29) is 5.91 Å². The number of hydrogen-bond acceptors (Lipinski definition) is 3. The zero-order valence-electron chi connectivity index (χ0n) is 16.6. The number of carbonyl (C=O) groups excluding carboxylic acids is 1. The second-order valence-electron chi connectivity index (χ2n) is 7.17. The van der Waals surface area contributed by atoms with Gasteiger partial charge in [-0.15, -0.1) is 0 Å². The number of nitrogens with zero attached hydrogens (tertiary/aromatic N) is 2. The molecule has 4 nitrogen and oxygen atoms in total. The Hall–Kier alpha value is -2.01. The SMILES string of the molecule is CCCCCCOc1ccc(C(=O)N2CCN(c3ccccc3)CC2)cc1Br. The van der Waals surface area contributed by atoms with E-state index >= 15 is 0 Å². The van der Waals surface area contributed by atoms with Crippen LogP contribution in [-0.2, 0) is 0 Å². The van der Waals surface area contributed by atoms with Crippen LogP contribution in [0.5, 0.6) is 5.75 Å². The molecule has 1 saturated heterocycles. The molecule has 1 fully saturated rings. The van der Waals surface area contributed by atoms with Crippen LogP contribution >= 0.6 is 15.9 Å². The zero-order chi connectivity index (χ0) is 19.8. The van der Waals surface area contributed by atoms with Crippen molar-refractivity contribution in [3.63, 3.8) is 0 Å². The lowest BCUT2D eigenvalue weighted by molar-refractivity contribution is 0.0746. The summed E-state index contributed by atoms with van der Waals surface area (Å²) < 4.78 is 6.69. The lowest BCUT2D eigenvalue weighted by atomic mass is 10.1. The lowest BCUT2D eigenvalue weighted by Crippen LogP contribution is -2.48. The number of anilines is 1. The van der Waals surface area contributed by atoms with Crippen molar-refractivity contribution in [1.82, 2.24) is 4.90 Å². The predicted octanol–water partition coefficient (Wildman–Crippen LogP) is 5.37. The summed E-state index contributed by atoms with van der Waals surface area (Å²) in [5.41, 5.74) is 1.93. The van der Waals surface area contributed by atoms with Crippen LogP contribution in [0.15, 0.2) is 53.0 Å². The summed E-state index contributed by atoms with van der Waals surface area (Å²) >= 11 is 3.56. The molecule has 1 heterocycles.